The molecule has 9 nitrogen and oxygen atoms in total. The SMILES string of the molecule is COc1cccc(-n2c(O)c(C=NCCN3CCNCC3)c(=O)[nH]c2=O)c1. The molecule has 0 aliphatic carbocycles. The first kappa shape index (κ1) is 18.9. The molecule has 1 saturated heterocycles. The summed E-state index contributed by atoms with van der Waals surface area (Å²) in [4.78, 5) is 33.0. The normalized spacial score (nSPS) is 15.3. The lowest BCUT2D eigenvalue weighted by atomic mass is 10.2. The van der Waals surface area contributed by atoms with Gasteiger partial charge in [0, 0.05) is 45.0 Å². The number of aromatic hydroxyl groups is 1. The summed E-state index contributed by atoms with van der Waals surface area (Å²) < 4.78 is 6.16. The summed E-state index contributed by atoms with van der Waals surface area (Å²) >= 11 is 0. The number of nitrogens with one attached hydrogen (secondary N) is 2. The van der Waals surface area contributed by atoms with Gasteiger partial charge in [-0.15, -0.1) is 0 Å². The first-order chi connectivity index (χ1) is 13.1. The topological polar surface area (TPSA) is 112 Å². The monoisotopic (exact) mass is 373 g/mol. The Labute approximate surface area is 155 Å². The van der Waals surface area contributed by atoms with E-state index in [1.54, 1.807) is 24.3 Å². The van der Waals surface area contributed by atoms with Crippen molar-refractivity contribution in [2.24, 2.45) is 4.99 Å². The molecule has 1 aliphatic rings. The molecule has 1 fully saturated rings. The van der Waals surface area contributed by atoms with E-state index < -0.39 is 17.1 Å². The van der Waals surface area contributed by atoms with Gasteiger partial charge >= 0.3 is 5.69 Å². The second-order valence-corrected chi connectivity index (χ2v) is 6.16. The summed E-state index contributed by atoms with van der Waals surface area (Å²) in [6, 6.07) is 6.63. The number of piperazine rings is 1. The molecule has 0 radical (unpaired) electrons. The molecule has 3 rings (SSSR count). The summed E-state index contributed by atoms with van der Waals surface area (Å²) in [5.41, 5.74) is -1.09. The van der Waals surface area contributed by atoms with Crippen LogP contribution >= 0.6 is 0 Å². The Morgan fingerprint density at radius 2 is 2.07 bits per heavy atom. The van der Waals surface area contributed by atoms with Gasteiger partial charge in [-0.3, -0.25) is 19.7 Å². The number of nitrogens with zero attached hydrogens (tertiary/aromatic N) is 3. The third-order valence-corrected chi connectivity index (χ3v) is 4.41. The van der Waals surface area contributed by atoms with Crippen LogP contribution in [0.5, 0.6) is 11.6 Å². The Bertz CT molecular complexity index is 928. The van der Waals surface area contributed by atoms with Crippen LogP contribution in [-0.2, 0) is 0 Å². The molecule has 1 aromatic heterocycles. The second kappa shape index (κ2) is 8.65. The number of hydrogen-bond donors (Lipinski definition) is 3. The molecule has 0 unspecified atom stereocenters. The van der Waals surface area contributed by atoms with Gasteiger partial charge in [-0.2, -0.15) is 0 Å². The van der Waals surface area contributed by atoms with Gasteiger partial charge in [-0.1, -0.05) is 6.07 Å². The lowest BCUT2D eigenvalue weighted by Crippen LogP contribution is -2.44. The first-order valence-electron chi connectivity index (χ1n) is 8.76. The van der Waals surface area contributed by atoms with E-state index in [0.29, 0.717) is 18.0 Å². The van der Waals surface area contributed by atoms with Gasteiger partial charge in [0.05, 0.1) is 19.3 Å². The maximum absolute atomic E-state index is 12.2. The minimum Gasteiger partial charge on any atom is -0.497 e. The molecular formula is C18H23N5O4. The zero-order valence-electron chi connectivity index (χ0n) is 15.1. The van der Waals surface area contributed by atoms with E-state index in [0.717, 1.165) is 37.3 Å². The fourth-order valence-corrected chi connectivity index (χ4v) is 2.93. The zero-order valence-corrected chi connectivity index (χ0v) is 15.1. The zero-order chi connectivity index (χ0) is 19.2. The number of methoxy groups -OCH3 is 1. The van der Waals surface area contributed by atoms with Crippen LogP contribution in [0.3, 0.4) is 0 Å². The average Bonchev–Trinajstić information content (AvgIpc) is 2.68. The summed E-state index contributed by atoms with van der Waals surface area (Å²) in [6.45, 7) is 5.10. The van der Waals surface area contributed by atoms with Gasteiger partial charge in [-0.25, -0.2) is 9.36 Å². The number of ether oxygens (including phenoxy) is 1. The van der Waals surface area contributed by atoms with E-state index in [4.69, 9.17) is 4.74 Å². The minimum atomic E-state index is -0.733. The number of rotatable bonds is 6. The van der Waals surface area contributed by atoms with E-state index in [-0.39, 0.29) is 5.56 Å². The fraction of sp³-hybridized carbons (Fsp3) is 0.389. The second-order valence-electron chi connectivity index (χ2n) is 6.16. The molecule has 144 valence electrons. The number of aliphatic imine (C=N–C) groups is 1. The quantitative estimate of drug-likeness (QED) is 0.592. The van der Waals surface area contributed by atoms with E-state index in [1.165, 1.54) is 13.3 Å². The van der Waals surface area contributed by atoms with Crippen molar-refractivity contribution in [3.8, 4) is 17.3 Å². The summed E-state index contributed by atoms with van der Waals surface area (Å²) in [5.74, 6) is 0.0687. The molecule has 3 N–H and O–H groups in total. The molecule has 0 amide bonds. The van der Waals surface area contributed by atoms with Crippen molar-refractivity contribution < 1.29 is 9.84 Å². The molecule has 0 bridgehead atoms. The first-order valence-corrected chi connectivity index (χ1v) is 8.76. The smallest absolute Gasteiger partial charge is 0.335 e. The van der Waals surface area contributed by atoms with Gasteiger partial charge in [-0.05, 0) is 12.1 Å². The number of hydrogen-bond acceptors (Lipinski definition) is 7. The number of benzene rings is 1. The van der Waals surface area contributed by atoms with E-state index in [1.807, 2.05) is 0 Å². The Hall–Kier alpha value is -2.91. The Kier molecular flexibility index (Phi) is 6.05. The highest BCUT2D eigenvalue weighted by atomic mass is 16.5. The number of aromatic nitrogens is 2. The van der Waals surface area contributed by atoms with Crippen LogP contribution in [0.2, 0.25) is 0 Å². The Morgan fingerprint density at radius 1 is 1.30 bits per heavy atom. The van der Waals surface area contributed by atoms with Crippen LogP contribution < -0.4 is 21.3 Å². The van der Waals surface area contributed by atoms with Crippen molar-refractivity contribution in [3.63, 3.8) is 0 Å². The third kappa shape index (κ3) is 4.44. The maximum Gasteiger partial charge on any atom is 0.335 e. The molecule has 2 heterocycles. The van der Waals surface area contributed by atoms with Crippen molar-refractivity contribution in [2.45, 2.75) is 0 Å². The number of H-pyrrole nitrogens is 1. The van der Waals surface area contributed by atoms with Crippen molar-refractivity contribution in [2.75, 3.05) is 46.4 Å². The molecule has 1 aromatic carbocycles. The van der Waals surface area contributed by atoms with Gasteiger partial charge < -0.3 is 15.2 Å². The molecular weight excluding hydrogens is 350 g/mol. The molecule has 0 atom stereocenters. The molecule has 1 aliphatic heterocycles. The van der Waals surface area contributed by atoms with Gasteiger partial charge in [0.2, 0.25) is 5.88 Å². The van der Waals surface area contributed by atoms with Gasteiger partial charge in [0.1, 0.15) is 11.3 Å². The molecule has 27 heavy (non-hydrogen) atoms. The van der Waals surface area contributed by atoms with Crippen LogP contribution in [-0.4, -0.2) is 72.2 Å². The van der Waals surface area contributed by atoms with Crippen LogP contribution in [0.25, 0.3) is 5.69 Å². The lowest BCUT2D eigenvalue weighted by molar-refractivity contribution is 0.248. The maximum atomic E-state index is 12.2. The highest BCUT2D eigenvalue weighted by Gasteiger charge is 2.15. The van der Waals surface area contributed by atoms with Crippen LogP contribution in [0.1, 0.15) is 5.56 Å². The van der Waals surface area contributed by atoms with E-state index in [2.05, 4.69) is 20.2 Å². The van der Waals surface area contributed by atoms with Gasteiger partial charge in [0.25, 0.3) is 5.56 Å². The summed E-state index contributed by atoms with van der Waals surface area (Å²) in [6.07, 6.45) is 1.31. The minimum absolute atomic E-state index is 0.0577. The number of aromatic amines is 1. The molecule has 9 heteroatoms. The van der Waals surface area contributed by atoms with Crippen LogP contribution in [0.15, 0.2) is 38.8 Å². The summed E-state index contributed by atoms with van der Waals surface area (Å²) in [5, 5.41) is 13.8. The predicted molar refractivity (Wildman–Crippen MR) is 103 cm³/mol. The standard InChI is InChI=1S/C18H23N5O4/c1-27-14-4-2-3-13(11-14)23-17(25)15(16(24)21-18(23)26)12-20-7-10-22-8-5-19-6-9-22/h2-4,11-12,19,25H,5-10H2,1H3,(H,21,24,26). The van der Waals surface area contributed by atoms with Crippen molar-refractivity contribution in [1.82, 2.24) is 19.8 Å². The third-order valence-electron chi connectivity index (χ3n) is 4.41. The van der Waals surface area contributed by atoms with E-state index in [9.17, 15) is 14.7 Å². The molecule has 2 aromatic rings. The predicted octanol–water partition coefficient (Wildman–Crippen LogP) is -0.436. The van der Waals surface area contributed by atoms with Crippen LogP contribution in [0, 0.1) is 0 Å². The molecule has 0 saturated carbocycles. The van der Waals surface area contributed by atoms with Crippen molar-refractivity contribution in [3.05, 3.63) is 50.7 Å². The fourth-order valence-electron chi connectivity index (χ4n) is 2.93. The van der Waals surface area contributed by atoms with Crippen LogP contribution in [0.4, 0.5) is 0 Å². The Balaban J connectivity index is 1.84. The largest absolute Gasteiger partial charge is 0.497 e. The molecule has 0 spiro atoms. The average molecular weight is 373 g/mol. The Morgan fingerprint density at radius 3 is 2.81 bits per heavy atom. The lowest BCUT2D eigenvalue weighted by Gasteiger charge is -2.26. The summed E-state index contributed by atoms with van der Waals surface area (Å²) in [7, 11) is 1.51. The van der Waals surface area contributed by atoms with E-state index >= 15 is 0 Å². The van der Waals surface area contributed by atoms with Crippen molar-refractivity contribution >= 4 is 6.21 Å². The van der Waals surface area contributed by atoms with Gasteiger partial charge in [0.15, 0.2) is 0 Å². The highest BCUT2D eigenvalue weighted by molar-refractivity contribution is 5.82. The highest BCUT2D eigenvalue weighted by Crippen LogP contribution is 2.19. The van der Waals surface area contributed by atoms with Crippen molar-refractivity contribution in [1.29, 1.82) is 0 Å².